The van der Waals surface area contributed by atoms with E-state index in [0.29, 0.717) is 5.69 Å². The Labute approximate surface area is 150 Å². The second kappa shape index (κ2) is 6.29. The lowest BCUT2D eigenvalue weighted by Gasteiger charge is -2.20. The summed E-state index contributed by atoms with van der Waals surface area (Å²) in [6.07, 6.45) is 2.68. The standard InChI is InChI=1S/C16H20N4O5S/c1-9-16(10(2)25-18-9)26(22,23)19-13-7-24-8-14(13)20-15(21)6-11-4-3-5-12(11)17-20/h6,13-14,19H,3-5,7-8H2,1-2H3. The van der Waals surface area contributed by atoms with E-state index in [9.17, 15) is 13.2 Å². The van der Waals surface area contributed by atoms with Crippen LogP contribution in [0.1, 0.15) is 35.2 Å². The van der Waals surface area contributed by atoms with E-state index in [0.717, 1.165) is 30.5 Å². The largest absolute Gasteiger partial charge is 0.377 e. The molecule has 3 heterocycles. The van der Waals surface area contributed by atoms with Crippen molar-refractivity contribution in [1.29, 1.82) is 0 Å². The van der Waals surface area contributed by atoms with Gasteiger partial charge in [-0.3, -0.25) is 4.79 Å². The molecule has 1 aliphatic heterocycles. The van der Waals surface area contributed by atoms with Gasteiger partial charge in [-0.1, -0.05) is 5.16 Å². The van der Waals surface area contributed by atoms with E-state index in [-0.39, 0.29) is 29.4 Å². The van der Waals surface area contributed by atoms with Crippen LogP contribution >= 0.6 is 0 Å². The van der Waals surface area contributed by atoms with Gasteiger partial charge in [-0.25, -0.2) is 17.8 Å². The van der Waals surface area contributed by atoms with Gasteiger partial charge in [0.25, 0.3) is 5.56 Å². The zero-order chi connectivity index (χ0) is 18.5. The molecule has 2 atom stereocenters. The highest BCUT2D eigenvalue weighted by Crippen LogP contribution is 2.24. The molecule has 26 heavy (non-hydrogen) atoms. The van der Waals surface area contributed by atoms with E-state index in [1.807, 2.05) is 0 Å². The summed E-state index contributed by atoms with van der Waals surface area (Å²) in [5, 5.41) is 8.17. The lowest BCUT2D eigenvalue weighted by molar-refractivity contribution is 0.181. The van der Waals surface area contributed by atoms with Crippen molar-refractivity contribution in [3.63, 3.8) is 0 Å². The van der Waals surface area contributed by atoms with Crippen molar-refractivity contribution in [3.05, 3.63) is 39.1 Å². The zero-order valence-electron chi connectivity index (χ0n) is 14.6. The molecule has 0 radical (unpaired) electrons. The molecular formula is C16H20N4O5S. The minimum atomic E-state index is -3.86. The Morgan fingerprint density at radius 2 is 2.08 bits per heavy atom. The first-order valence-corrected chi connectivity index (χ1v) is 9.99. The lowest BCUT2D eigenvalue weighted by Crippen LogP contribution is -2.44. The van der Waals surface area contributed by atoms with E-state index < -0.39 is 22.1 Å². The second-order valence-corrected chi connectivity index (χ2v) is 8.39. The van der Waals surface area contributed by atoms with Gasteiger partial charge in [0.1, 0.15) is 10.6 Å². The van der Waals surface area contributed by atoms with E-state index in [2.05, 4.69) is 15.0 Å². The van der Waals surface area contributed by atoms with E-state index in [4.69, 9.17) is 9.26 Å². The van der Waals surface area contributed by atoms with Crippen molar-refractivity contribution in [1.82, 2.24) is 19.7 Å². The highest BCUT2D eigenvalue weighted by molar-refractivity contribution is 7.89. The first-order chi connectivity index (χ1) is 12.4. The number of rotatable bonds is 4. The van der Waals surface area contributed by atoms with Crippen LogP contribution in [-0.2, 0) is 27.6 Å². The van der Waals surface area contributed by atoms with Gasteiger partial charge in [-0.05, 0) is 38.7 Å². The molecule has 1 saturated heterocycles. The maximum Gasteiger partial charge on any atom is 0.267 e. The summed E-state index contributed by atoms with van der Waals surface area (Å²) in [5.41, 5.74) is 1.95. The summed E-state index contributed by atoms with van der Waals surface area (Å²) >= 11 is 0. The van der Waals surface area contributed by atoms with Crippen molar-refractivity contribution in [3.8, 4) is 0 Å². The number of aryl methyl sites for hydroxylation is 4. The van der Waals surface area contributed by atoms with Gasteiger partial charge in [0.05, 0.1) is 31.0 Å². The molecule has 0 saturated carbocycles. The van der Waals surface area contributed by atoms with Crippen LogP contribution in [0.5, 0.6) is 0 Å². The van der Waals surface area contributed by atoms with Crippen molar-refractivity contribution in [2.24, 2.45) is 0 Å². The smallest absolute Gasteiger partial charge is 0.267 e. The molecule has 1 fully saturated rings. The van der Waals surface area contributed by atoms with Gasteiger partial charge in [0.2, 0.25) is 10.0 Å². The number of hydrogen-bond acceptors (Lipinski definition) is 7. The summed E-state index contributed by atoms with van der Waals surface area (Å²) in [7, 11) is -3.86. The zero-order valence-corrected chi connectivity index (χ0v) is 15.4. The summed E-state index contributed by atoms with van der Waals surface area (Å²) in [6, 6.07) is 0.509. The number of hydrogen-bond donors (Lipinski definition) is 1. The molecule has 10 heteroatoms. The van der Waals surface area contributed by atoms with Crippen LogP contribution in [0.4, 0.5) is 0 Å². The Balaban J connectivity index is 1.65. The molecule has 9 nitrogen and oxygen atoms in total. The van der Waals surface area contributed by atoms with E-state index in [1.54, 1.807) is 19.9 Å². The van der Waals surface area contributed by atoms with Gasteiger partial charge in [-0.2, -0.15) is 5.10 Å². The van der Waals surface area contributed by atoms with Crippen LogP contribution in [0.3, 0.4) is 0 Å². The van der Waals surface area contributed by atoms with Crippen LogP contribution in [0.15, 0.2) is 20.3 Å². The molecule has 2 aromatic rings. The van der Waals surface area contributed by atoms with Crippen molar-refractivity contribution in [2.75, 3.05) is 13.2 Å². The lowest BCUT2D eigenvalue weighted by atomic mass is 10.2. The van der Waals surface area contributed by atoms with Crippen LogP contribution < -0.4 is 10.3 Å². The van der Waals surface area contributed by atoms with Gasteiger partial charge in [-0.15, -0.1) is 0 Å². The number of sulfonamides is 1. The quantitative estimate of drug-likeness (QED) is 0.808. The second-order valence-electron chi connectivity index (χ2n) is 6.74. The summed E-state index contributed by atoms with van der Waals surface area (Å²) in [6.45, 7) is 3.50. The fourth-order valence-corrected chi connectivity index (χ4v) is 5.25. The molecule has 0 aromatic carbocycles. The third-order valence-corrected chi connectivity index (χ3v) is 6.62. The van der Waals surface area contributed by atoms with E-state index >= 15 is 0 Å². The van der Waals surface area contributed by atoms with Gasteiger partial charge < -0.3 is 9.26 Å². The molecular weight excluding hydrogens is 360 g/mol. The summed E-state index contributed by atoms with van der Waals surface area (Å²) in [4.78, 5) is 12.5. The van der Waals surface area contributed by atoms with Crippen molar-refractivity contribution in [2.45, 2.75) is 50.1 Å². The minimum Gasteiger partial charge on any atom is -0.377 e. The summed E-state index contributed by atoms with van der Waals surface area (Å²) < 4.78 is 39.9. The molecule has 1 N–H and O–H groups in total. The van der Waals surface area contributed by atoms with Crippen molar-refractivity contribution >= 4 is 10.0 Å². The Hall–Kier alpha value is -2.04. The minimum absolute atomic E-state index is 0.0254. The van der Waals surface area contributed by atoms with Crippen LogP contribution in [0.25, 0.3) is 0 Å². The van der Waals surface area contributed by atoms with Crippen LogP contribution in [-0.4, -0.2) is 42.6 Å². The third kappa shape index (κ3) is 2.87. The first-order valence-electron chi connectivity index (χ1n) is 8.51. The topological polar surface area (TPSA) is 116 Å². The van der Waals surface area contributed by atoms with Crippen molar-refractivity contribution < 1.29 is 17.7 Å². The van der Waals surface area contributed by atoms with Gasteiger partial charge >= 0.3 is 0 Å². The molecule has 0 spiro atoms. The SMILES string of the molecule is Cc1noc(C)c1S(=O)(=O)NC1COCC1n1nc2c(cc1=O)CCC2. The molecule has 2 unspecified atom stereocenters. The van der Waals surface area contributed by atoms with Crippen LogP contribution in [0, 0.1) is 13.8 Å². The molecule has 2 aliphatic rings. The predicted octanol–water partition coefficient (Wildman–Crippen LogP) is 0.255. The fraction of sp³-hybridized carbons (Fsp3) is 0.562. The summed E-state index contributed by atoms with van der Waals surface area (Å²) in [5.74, 6) is 0.221. The van der Waals surface area contributed by atoms with Gasteiger partial charge in [0.15, 0.2) is 5.76 Å². The molecule has 4 rings (SSSR count). The number of fused-ring (bicyclic) bond motifs is 1. The van der Waals surface area contributed by atoms with Gasteiger partial charge in [0, 0.05) is 6.07 Å². The predicted molar refractivity (Wildman–Crippen MR) is 90.5 cm³/mol. The van der Waals surface area contributed by atoms with Crippen LogP contribution in [0.2, 0.25) is 0 Å². The normalized spacial score (nSPS) is 22.7. The highest BCUT2D eigenvalue weighted by Gasteiger charge is 2.37. The number of nitrogens with one attached hydrogen (secondary N) is 1. The Bertz CT molecular complexity index is 991. The Morgan fingerprint density at radius 3 is 2.81 bits per heavy atom. The Kier molecular flexibility index (Phi) is 4.20. The fourth-order valence-electron chi connectivity index (χ4n) is 3.67. The average Bonchev–Trinajstić information content (AvgIpc) is 3.27. The molecule has 140 valence electrons. The highest BCUT2D eigenvalue weighted by atomic mass is 32.2. The maximum atomic E-state index is 12.8. The number of aromatic nitrogens is 3. The monoisotopic (exact) mass is 380 g/mol. The molecule has 0 amide bonds. The third-order valence-electron chi connectivity index (χ3n) is 4.89. The maximum absolute atomic E-state index is 12.8. The Morgan fingerprint density at radius 1 is 1.27 bits per heavy atom. The van der Waals surface area contributed by atoms with E-state index in [1.165, 1.54) is 4.68 Å². The molecule has 2 aromatic heterocycles. The number of ether oxygens (including phenoxy) is 1. The molecule has 1 aliphatic carbocycles. The molecule has 0 bridgehead atoms. The first kappa shape index (κ1) is 17.4. The number of nitrogens with zero attached hydrogens (tertiary/aromatic N) is 3. The average molecular weight is 380 g/mol.